The standard InChI is InChI=1S/C17H17N3O2/c21-16(19-11-15-7-3-4-9-18-15)17(22)20-10-8-13-5-1-2-6-14(13)12-20/h1-7,9H,8,10-12H2,(H,19,21). The molecule has 5 heteroatoms. The van der Waals surface area contributed by atoms with Crippen molar-refractivity contribution in [1.29, 1.82) is 0 Å². The number of fused-ring (bicyclic) bond motifs is 1. The minimum Gasteiger partial charge on any atom is -0.342 e. The molecule has 5 nitrogen and oxygen atoms in total. The number of hydrogen-bond donors (Lipinski definition) is 1. The Hall–Kier alpha value is -2.69. The maximum atomic E-state index is 12.2. The Morgan fingerprint density at radius 2 is 1.86 bits per heavy atom. The summed E-state index contributed by atoms with van der Waals surface area (Å²) < 4.78 is 0. The number of carbonyl (C=O) groups is 2. The van der Waals surface area contributed by atoms with E-state index in [-0.39, 0.29) is 6.54 Å². The fourth-order valence-corrected chi connectivity index (χ4v) is 2.56. The van der Waals surface area contributed by atoms with Gasteiger partial charge < -0.3 is 10.2 Å². The van der Waals surface area contributed by atoms with Crippen LogP contribution in [0.15, 0.2) is 48.7 Å². The molecule has 0 radical (unpaired) electrons. The molecule has 1 aromatic carbocycles. The van der Waals surface area contributed by atoms with Crippen LogP contribution in [0.2, 0.25) is 0 Å². The zero-order chi connectivity index (χ0) is 15.4. The van der Waals surface area contributed by atoms with Crippen LogP contribution in [0, 0.1) is 0 Å². The van der Waals surface area contributed by atoms with Gasteiger partial charge in [-0.25, -0.2) is 0 Å². The molecular formula is C17H17N3O2. The highest BCUT2D eigenvalue weighted by Gasteiger charge is 2.25. The molecule has 1 aliphatic rings. The molecule has 0 saturated carbocycles. The maximum Gasteiger partial charge on any atom is 0.312 e. The van der Waals surface area contributed by atoms with Crippen molar-refractivity contribution in [3.05, 3.63) is 65.5 Å². The summed E-state index contributed by atoms with van der Waals surface area (Å²) in [6.45, 7) is 1.33. The molecule has 1 aromatic heterocycles. The van der Waals surface area contributed by atoms with Crippen LogP contribution in [0.4, 0.5) is 0 Å². The molecular weight excluding hydrogens is 278 g/mol. The van der Waals surface area contributed by atoms with Gasteiger partial charge in [-0.15, -0.1) is 0 Å². The van der Waals surface area contributed by atoms with E-state index in [0.29, 0.717) is 13.1 Å². The van der Waals surface area contributed by atoms with Gasteiger partial charge in [0.2, 0.25) is 0 Å². The predicted octanol–water partition coefficient (Wildman–Crippen LogP) is 1.28. The van der Waals surface area contributed by atoms with Gasteiger partial charge in [0, 0.05) is 19.3 Å². The van der Waals surface area contributed by atoms with E-state index in [1.807, 2.05) is 36.4 Å². The van der Waals surface area contributed by atoms with Gasteiger partial charge in [0.1, 0.15) is 0 Å². The molecule has 0 fully saturated rings. The summed E-state index contributed by atoms with van der Waals surface area (Å²) in [7, 11) is 0. The summed E-state index contributed by atoms with van der Waals surface area (Å²) in [4.78, 5) is 29.9. The third-order valence-electron chi connectivity index (χ3n) is 3.77. The van der Waals surface area contributed by atoms with Crippen molar-refractivity contribution in [1.82, 2.24) is 15.2 Å². The third kappa shape index (κ3) is 3.14. The van der Waals surface area contributed by atoms with Crippen molar-refractivity contribution < 1.29 is 9.59 Å². The van der Waals surface area contributed by atoms with E-state index < -0.39 is 11.8 Å². The number of benzene rings is 1. The van der Waals surface area contributed by atoms with Gasteiger partial charge in [-0.3, -0.25) is 14.6 Å². The summed E-state index contributed by atoms with van der Waals surface area (Å²) in [5.74, 6) is -1.06. The van der Waals surface area contributed by atoms with Crippen LogP contribution in [0.25, 0.3) is 0 Å². The van der Waals surface area contributed by atoms with E-state index in [0.717, 1.165) is 17.7 Å². The summed E-state index contributed by atoms with van der Waals surface area (Å²) in [6, 6.07) is 13.5. The third-order valence-corrected chi connectivity index (χ3v) is 3.77. The SMILES string of the molecule is O=C(NCc1ccccn1)C(=O)N1CCc2ccccc2C1. The van der Waals surface area contributed by atoms with E-state index in [9.17, 15) is 9.59 Å². The summed E-state index contributed by atoms with van der Waals surface area (Å²) >= 11 is 0. The first kappa shape index (κ1) is 14.3. The molecule has 22 heavy (non-hydrogen) atoms. The topological polar surface area (TPSA) is 62.3 Å². The largest absolute Gasteiger partial charge is 0.342 e. The van der Waals surface area contributed by atoms with E-state index in [1.165, 1.54) is 5.56 Å². The van der Waals surface area contributed by atoms with Crippen LogP contribution in [-0.4, -0.2) is 28.2 Å². The van der Waals surface area contributed by atoms with Crippen LogP contribution < -0.4 is 5.32 Å². The fraction of sp³-hybridized carbons (Fsp3) is 0.235. The average Bonchev–Trinajstić information content (AvgIpc) is 2.59. The van der Waals surface area contributed by atoms with Gasteiger partial charge in [-0.05, 0) is 29.7 Å². The normalized spacial score (nSPS) is 13.4. The molecule has 2 heterocycles. The molecule has 112 valence electrons. The van der Waals surface area contributed by atoms with Crippen molar-refractivity contribution in [3.63, 3.8) is 0 Å². The molecule has 2 aromatic rings. The average molecular weight is 295 g/mol. The first-order valence-corrected chi connectivity index (χ1v) is 7.28. The monoisotopic (exact) mass is 295 g/mol. The molecule has 0 spiro atoms. The second-order valence-electron chi connectivity index (χ2n) is 5.25. The highest BCUT2D eigenvalue weighted by molar-refractivity contribution is 6.34. The molecule has 0 atom stereocenters. The van der Waals surface area contributed by atoms with Crippen LogP contribution in [0.1, 0.15) is 16.8 Å². The van der Waals surface area contributed by atoms with E-state index in [4.69, 9.17) is 0 Å². The Labute approximate surface area is 129 Å². The lowest BCUT2D eigenvalue weighted by atomic mass is 10.00. The lowest BCUT2D eigenvalue weighted by Gasteiger charge is -2.28. The molecule has 1 aliphatic heterocycles. The lowest BCUT2D eigenvalue weighted by Crippen LogP contribution is -2.44. The highest BCUT2D eigenvalue weighted by Crippen LogP contribution is 2.18. The summed E-state index contributed by atoms with van der Waals surface area (Å²) in [6.07, 6.45) is 2.44. The highest BCUT2D eigenvalue weighted by atomic mass is 16.2. The van der Waals surface area contributed by atoms with Gasteiger partial charge in [0.25, 0.3) is 0 Å². The van der Waals surface area contributed by atoms with Gasteiger partial charge in [0.05, 0.1) is 12.2 Å². The number of nitrogens with one attached hydrogen (secondary N) is 1. The van der Waals surface area contributed by atoms with Crippen molar-refractivity contribution in [2.75, 3.05) is 6.54 Å². The minimum atomic E-state index is -0.579. The molecule has 0 bridgehead atoms. The van der Waals surface area contributed by atoms with Crippen LogP contribution >= 0.6 is 0 Å². The predicted molar refractivity (Wildman–Crippen MR) is 81.6 cm³/mol. The van der Waals surface area contributed by atoms with Gasteiger partial charge >= 0.3 is 11.8 Å². The second kappa shape index (κ2) is 6.39. The summed E-state index contributed by atoms with van der Waals surface area (Å²) in [5, 5.41) is 2.63. The molecule has 0 aliphatic carbocycles. The zero-order valence-electron chi connectivity index (χ0n) is 12.2. The van der Waals surface area contributed by atoms with Gasteiger partial charge in [-0.2, -0.15) is 0 Å². The van der Waals surface area contributed by atoms with E-state index in [2.05, 4.69) is 16.4 Å². The van der Waals surface area contributed by atoms with Crippen LogP contribution in [0.3, 0.4) is 0 Å². The zero-order valence-corrected chi connectivity index (χ0v) is 12.2. The van der Waals surface area contributed by atoms with E-state index in [1.54, 1.807) is 11.1 Å². The van der Waals surface area contributed by atoms with Crippen molar-refractivity contribution in [2.24, 2.45) is 0 Å². The molecule has 2 amide bonds. The Kier molecular flexibility index (Phi) is 4.14. The fourth-order valence-electron chi connectivity index (χ4n) is 2.56. The van der Waals surface area contributed by atoms with Crippen molar-refractivity contribution >= 4 is 11.8 Å². The molecule has 0 saturated heterocycles. The number of pyridine rings is 1. The Bertz CT molecular complexity index is 685. The number of nitrogens with zero attached hydrogens (tertiary/aromatic N) is 2. The Balaban J connectivity index is 1.59. The van der Waals surface area contributed by atoms with Crippen LogP contribution in [0.5, 0.6) is 0 Å². The minimum absolute atomic E-state index is 0.260. The quantitative estimate of drug-likeness (QED) is 0.849. The number of aromatic nitrogens is 1. The molecule has 1 N–H and O–H groups in total. The first-order valence-electron chi connectivity index (χ1n) is 7.28. The van der Waals surface area contributed by atoms with Crippen molar-refractivity contribution in [3.8, 4) is 0 Å². The van der Waals surface area contributed by atoms with Crippen LogP contribution in [-0.2, 0) is 29.1 Å². The maximum absolute atomic E-state index is 12.2. The number of carbonyl (C=O) groups excluding carboxylic acids is 2. The van der Waals surface area contributed by atoms with Crippen molar-refractivity contribution in [2.45, 2.75) is 19.5 Å². The van der Waals surface area contributed by atoms with Gasteiger partial charge in [0.15, 0.2) is 0 Å². The molecule has 3 rings (SSSR count). The number of amides is 2. The van der Waals surface area contributed by atoms with Gasteiger partial charge in [-0.1, -0.05) is 30.3 Å². The number of hydrogen-bond acceptors (Lipinski definition) is 3. The smallest absolute Gasteiger partial charge is 0.312 e. The Morgan fingerprint density at radius 3 is 2.64 bits per heavy atom. The second-order valence-corrected chi connectivity index (χ2v) is 5.25. The van der Waals surface area contributed by atoms with E-state index >= 15 is 0 Å². The number of rotatable bonds is 2. The first-order chi connectivity index (χ1) is 10.7. The summed E-state index contributed by atoms with van der Waals surface area (Å²) in [5.41, 5.74) is 3.09. The lowest BCUT2D eigenvalue weighted by molar-refractivity contribution is -0.146. The molecule has 0 unspecified atom stereocenters. The Morgan fingerprint density at radius 1 is 1.09 bits per heavy atom.